The molecule has 0 bridgehead atoms. The van der Waals surface area contributed by atoms with Crippen LogP contribution in [0.5, 0.6) is 0 Å². The van der Waals surface area contributed by atoms with Crippen LogP contribution in [0.1, 0.15) is 12.0 Å². The molecule has 0 saturated heterocycles. The van der Waals surface area contributed by atoms with Crippen molar-refractivity contribution < 1.29 is 5.11 Å². The summed E-state index contributed by atoms with van der Waals surface area (Å²) in [5.74, 6) is 0.911. The average Bonchev–Trinajstić information content (AvgIpc) is 2.20. The van der Waals surface area contributed by atoms with Gasteiger partial charge in [-0.2, -0.15) is 0 Å². The number of benzene rings is 1. The molecule has 1 heterocycles. The first-order valence-corrected chi connectivity index (χ1v) is 5.85. The molecule has 3 N–H and O–H groups in total. The van der Waals surface area contributed by atoms with Gasteiger partial charge in [0.15, 0.2) is 0 Å². The SMILES string of the molecule is NC1(CO)CCSc2c(Cl)cccc21. The molecule has 2 rings (SSSR count). The second-order valence-corrected chi connectivity index (χ2v) is 5.04. The largest absolute Gasteiger partial charge is 0.394 e. The monoisotopic (exact) mass is 229 g/mol. The Kier molecular flexibility index (Phi) is 2.75. The van der Waals surface area contributed by atoms with Crippen LogP contribution in [0.2, 0.25) is 5.02 Å². The molecular formula is C10H12ClNOS. The Balaban J connectivity index is 2.55. The number of aliphatic hydroxyl groups is 1. The Morgan fingerprint density at radius 1 is 1.57 bits per heavy atom. The lowest BCUT2D eigenvalue weighted by Gasteiger charge is -2.33. The standard InChI is InChI=1S/C10H12ClNOS/c11-8-3-1-2-7-9(8)14-5-4-10(7,12)6-13/h1-3,13H,4-6,12H2. The van der Waals surface area contributed by atoms with E-state index in [2.05, 4.69) is 0 Å². The number of hydrogen-bond acceptors (Lipinski definition) is 3. The first kappa shape index (κ1) is 10.3. The molecule has 4 heteroatoms. The molecular weight excluding hydrogens is 218 g/mol. The fourth-order valence-electron chi connectivity index (χ4n) is 1.68. The third kappa shape index (κ3) is 1.54. The highest BCUT2D eigenvalue weighted by atomic mass is 35.5. The van der Waals surface area contributed by atoms with Crippen molar-refractivity contribution in [2.45, 2.75) is 16.9 Å². The number of rotatable bonds is 1. The molecule has 76 valence electrons. The minimum Gasteiger partial charge on any atom is -0.394 e. The Morgan fingerprint density at radius 2 is 2.36 bits per heavy atom. The van der Waals surface area contributed by atoms with E-state index >= 15 is 0 Å². The van der Waals surface area contributed by atoms with Gasteiger partial charge in [-0.1, -0.05) is 23.7 Å². The maximum atomic E-state index is 9.31. The summed E-state index contributed by atoms with van der Waals surface area (Å²) in [4.78, 5) is 1.02. The van der Waals surface area contributed by atoms with Crippen LogP contribution in [0.15, 0.2) is 23.1 Å². The fraction of sp³-hybridized carbons (Fsp3) is 0.400. The van der Waals surface area contributed by atoms with Gasteiger partial charge >= 0.3 is 0 Å². The van der Waals surface area contributed by atoms with Crippen LogP contribution >= 0.6 is 23.4 Å². The second kappa shape index (κ2) is 3.74. The van der Waals surface area contributed by atoms with E-state index in [4.69, 9.17) is 17.3 Å². The van der Waals surface area contributed by atoms with E-state index in [1.54, 1.807) is 11.8 Å². The predicted octanol–water partition coefficient (Wildman–Crippen LogP) is 1.98. The zero-order valence-electron chi connectivity index (χ0n) is 7.66. The van der Waals surface area contributed by atoms with Crippen LogP contribution in [-0.4, -0.2) is 17.5 Å². The van der Waals surface area contributed by atoms with Crippen molar-refractivity contribution >= 4 is 23.4 Å². The molecule has 2 nitrogen and oxygen atoms in total. The molecule has 1 unspecified atom stereocenters. The van der Waals surface area contributed by atoms with Crippen molar-refractivity contribution in [3.05, 3.63) is 28.8 Å². The van der Waals surface area contributed by atoms with Crippen molar-refractivity contribution in [1.29, 1.82) is 0 Å². The van der Waals surface area contributed by atoms with Crippen LogP contribution in [-0.2, 0) is 5.54 Å². The summed E-state index contributed by atoms with van der Waals surface area (Å²) in [7, 11) is 0. The summed E-state index contributed by atoms with van der Waals surface area (Å²) >= 11 is 7.78. The van der Waals surface area contributed by atoms with Crippen molar-refractivity contribution in [1.82, 2.24) is 0 Å². The quantitative estimate of drug-likeness (QED) is 0.774. The van der Waals surface area contributed by atoms with E-state index in [0.717, 1.165) is 27.7 Å². The number of aliphatic hydroxyl groups excluding tert-OH is 1. The topological polar surface area (TPSA) is 46.2 Å². The van der Waals surface area contributed by atoms with E-state index in [1.165, 1.54) is 0 Å². The van der Waals surface area contributed by atoms with E-state index in [0.29, 0.717) is 0 Å². The first-order valence-electron chi connectivity index (χ1n) is 4.49. The molecule has 0 aliphatic carbocycles. The average molecular weight is 230 g/mol. The molecule has 1 aliphatic heterocycles. The molecule has 0 radical (unpaired) electrons. The van der Waals surface area contributed by atoms with Gasteiger partial charge in [0.25, 0.3) is 0 Å². The predicted molar refractivity (Wildman–Crippen MR) is 59.7 cm³/mol. The molecule has 1 aromatic carbocycles. The lowest BCUT2D eigenvalue weighted by molar-refractivity contribution is 0.189. The highest BCUT2D eigenvalue weighted by molar-refractivity contribution is 7.99. The molecule has 1 aromatic rings. The first-order chi connectivity index (χ1) is 6.67. The number of nitrogens with two attached hydrogens (primary N) is 1. The van der Waals surface area contributed by atoms with Gasteiger partial charge in [0.1, 0.15) is 0 Å². The van der Waals surface area contributed by atoms with Crippen LogP contribution in [0, 0.1) is 0 Å². The van der Waals surface area contributed by atoms with E-state index < -0.39 is 5.54 Å². The Labute approximate surface area is 92.4 Å². The number of hydrogen-bond donors (Lipinski definition) is 2. The highest BCUT2D eigenvalue weighted by Gasteiger charge is 2.33. The van der Waals surface area contributed by atoms with Crippen LogP contribution in [0.4, 0.5) is 0 Å². The van der Waals surface area contributed by atoms with Crippen LogP contribution in [0.25, 0.3) is 0 Å². The molecule has 14 heavy (non-hydrogen) atoms. The van der Waals surface area contributed by atoms with Crippen molar-refractivity contribution in [2.24, 2.45) is 5.73 Å². The molecule has 1 atom stereocenters. The van der Waals surface area contributed by atoms with Gasteiger partial charge in [-0.25, -0.2) is 0 Å². The minimum absolute atomic E-state index is 0.0269. The van der Waals surface area contributed by atoms with Crippen LogP contribution < -0.4 is 5.73 Å². The lowest BCUT2D eigenvalue weighted by Crippen LogP contribution is -2.43. The van der Waals surface area contributed by atoms with Gasteiger partial charge in [0.2, 0.25) is 0 Å². The molecule has 0 spiro atoms. The molecule has 0 amide bonds. The second-order valence-electron chi connectivity index (χ2n) is 3.53. The van der Waals surface area contributed by atoms with E-state index in [-0.39, 0.29) is 6.61 Å². The van der Waals surface area contributed by atoms with Crippen LogP contribution in [0.3, 0.4) is 0 Å². The maximum absolute atomic E-state index is 9.31. The van der Waals surface area contributed by atoms with Gasteiger partial charge in [-0.15, -0.1) is 11.8 Å². The fourth-order valence-corrected chi connectivity index (χ4v) is 3.32. The number of thioether (sulfide) groups is 1. The summed E-state index contributed by atoms with van der Waals surface area (Å²) in [5.41, 5.74) is 6.49. The summed E-state index contributed by atoms with van der Waals surface area (Å²) in [6.07, 6.45) is 0.793. The molecule has 0 aromatic heterocycles. The van der Waals surface area contributed by atoms with E-state index in [9.17, 15) is 5.11 Å². The van der Waals surface area contributed by atoms with E-state index in [1.807, 2.05) is 18.2 Å². The lowest BCUT2D eigenvalue weighted by atomic mass is 9.89. The van der Waals surface area contributed by atoms with Gasteiger partial charge < -0.3 is 10.8 Å². The Morgan fingerprint density at radius 3 is 3.07 bits per heavy atom. The Hall–Kier alpha value is -0.220. The summed E-state index contributed by atoms with van der Waals surface area (Å²) in [6.45, 7) is -0.0269. The summed E-state index contributed by atoms with van der Waals surface area (Å²) in [5, 5.41) is 10.0. The zero-order valence-corrected chi connectivity index (χ0v) is 9.24. The van der Waals surface area contributed by atoms with Crippen molar-refractivity contribution in [3.63, 3.8) is 0 Å². The smallest absolute Gasteiger partial charge is 0.0663 e. The maximum Gasteiger partial charge on any atom is 0.0663 e. The van der Waals surface area contributed by atoms with Gasteiger partial charge in [-0.3, -0.25) is 0 Å². The molecule has 1 aliphatic rings. The minimum atomic E-state index is -0.606. The van der Waals surface area contributed by atoms with Gasteiger partial charge in [-0.05, 0) is 18.1 Å². The number of halogens is 1. The summed E-state index contributed by atoms with van der Waals surface area (Å²) < 4.78 is 0. The summed E-state index contributed by atoms with van der Waals surface area (Å²) in [6, 6.07) is 5.68. The van der Waals surface area contributed by atoms with Gasteiger partial charge in [0, 0.05) is 10.6 Å². The normalized spacial score (nSPS) is 25.9. The Bertz CT molecular complexity index is 358. The molecule has 0 saturated carbocycles. The highest BCUT2D eigenvalue weighted by Crippen LogP contribution is 2.42. The molecule has 0 fully saturated rings. The van der Waals surface area contributed by atoms with Crippen molar-refractivity contribution in [2.75, 3.05) is 12.4 Å². The third-order valence-electron chi connectivity index (χ3n) is 2.58. The van der Waals surface area contributed by atoms with Gasteiger partial charge in [0.05, 0.1) is 17.2 Å². The number of fused-ring (bicyclic) bond motifs is 1. The van der Waals surface area contributed by atoms with Crippen molar-refractivity contribution in [3.8, 4) is 0 Å². The zero-order chi connectivity index (χ0) is 10.2. The third-order valence-corrected chi connectivity index (χ3v) is 4.14.